The van der Waals surface area contributed by atoms with Crippen LogP contribution in [-0.2, 0) is 9.53 Å². The highest BCUT2D eigenvalue weighted by Crippen LogP contribution is 2.40. The topological polar surface area (TPSA) is 41.6 Å². The van der Waals surface area contributed by atoms with Crippen LogP contribution in [0.25, 0.3) is 0 Å². The molecule has 0 aromatic rings. The van der Waals surface area contributed by atoms with Crippen LogP contribution >= 0.6 is 0 Å². The lowest BCUT2D eigenvalue weighted by Crippen LogP contribution is -2.51. The van der Waals surface area contributed by atoms with E-state index >= 15 is 0 Å². The van der Waals surface area contributed by atoms with E-state index in [0.717, 1.165) is 13.1 Å². The van der Waals surface area contributed by atoms with E-state index in [2.05, 4.69) is 5.32 Å². The molecule has 1 heterocycles. The van der Waals surface area contributed by atoms with Gasteiger partial charge in [0, 0.05) is 33.2 Å². The van der Waals surface area contributed by atoms with Gasteiger partial charge in [-0.15, -0.1) is 0 Å². The number of hydrogen-bond acceptors (Lipinski definition) is 3. The number of piperazine rings is 1. The molecular weight excluding hydrogens is 168 g/mol. The quantitative estimate of drug-likeness (QED) is 0.639. The van der Waals surface area contributed by atoms with Crippen LogP contribution in [0.3, 0.4) is 0 Å². The first-order valence-electron chi connectivity index (χ1n) is 6.13. The largest absolute Gasteiger partial charge is 0.368 e. The fourth-order valence-corrected chi connectivity index (χ4v) is 1.63. The number of nitrogens with zero attached hydrogens (tertiary/aromatic N) is 1. The first kappa shape index (κ1) is 5.98. The van der Waals surface area contributed by atoms with Gasteiger partial charge in [0.1, 0.15) is 5.60 Å². The fraction of sp³-hybridized carbons (Fsp3) is 0.889. The van der Waals surface area contributed by atoms with E-state index in [1.54, 1.807) is 4.90 Å². The number of carbonyl (C=O) groups excluding carboxylic acids is 1. The SMILES string of the molecule is [2H]C([2H])([2H])OC1(C(=O)N2CCNCC2)CC1. The van der Waals surface area contributed by atoms with Gasteiger partial charge in [0.25, 0.3) is 5.91 Å². The minimum Gasteiger partial charge on any atom is -0.368 e. The van der Waals surface area contributed by atoms with E-state index in [1.165, 1.54) is 0 Å². The highest BCUT2D eigenvalue weighted by Gasteiger charge is 2.52. The van der Waals surface area contributed by atoms with Crippen molar-refractivity contribution in [2.45, 2.75) is 18.4 Å². The lowest BCUT2D eigenvalue weighted by atomic mass is 10.2. The summed E-state index contributed by atoms with van der Waals surface area (Å²) in [5.74, 6) is -0.162. The third-order valence-electron chi connectivity index (χ3n) is 2.69. The zero-order valence-electron chi connectivity index (χ0n) is 10.5. The summed E-state index contributed by atoms with van der Waals surface area (Å²) in [6, 6.07) is 0. The molecule has 1 amide bonds. The second-order valence-electron chi connectivity index (χ2n) is 3.64. The molecule has 1 N–H and O–H groups in total. The van der Waals surface area contributed by atoms with Crippen LogP contribution in [0.1, 0.15) is 17.0 Å². The molecule has 4 heteroatoms. The summed E-state index contributed by atoms with van der Waals surface area (Å²) in [6.07, 6.45) is 1.04. The summed E-state index contributed by atoms with van der Waals surface area (Å²) in [7, 11) is -2.49. The average molecular weight is 187 g/mol. The fourth-order valence-electron chi connectivity index (χ4n) is 1.63. The minimum atomic E-state index is -2.49. The molecule has 0 unspecified atom stereocenters. The summed E-state index contributed by atoms with van der Waals surface area (Å²) in [4.78, 5) is 13.8. The van der Waals surface area contributed by atoms with E-state index in [9.17, 15) is 4.79 Å². The van der Waals surface area contributed by atoms with Crippen molar-refractivity contribution in [3.8, 4) is 0 Å². The number of amides is 1. The molecular formula is C9H16N2O2. The van der Waals surface area contributed by atoms with E-state index in [-0.39, 0.29) is 5.91 Å². The third kappa shape index (κ3) is 1.56. The summed E-state index contributed by atoms with van der Waals surface area (Å²) in [5, 5.41) is 3.14. The average Bonchev–Trinajstić information content (AvgIpc) is 2.96. The van der Waals surface area contributed by atoms with Crippen LogP contribution in [0.2, 0.25) is 0 Å². The second-order valence-corrected chi connectivity index (χ2v) is 3.64. The summed E-state index contributed by atoms with van der Waals surface area (Å²) in [6.45, 7) is 2.78. The van der Waals surface area contributed by atoms with Crippen molar-refractivity contribution >= 4 is 5.91 Å². The van der Waals surface area contributed by atoms with Crippen molar-refractivity contribution in [2.24, 2.45) is 0 Å². The standard InChI is InChI=1S/C9H16N2O2/c1-13-9(2-3-9)8(12)11-6-4-10-5-7-11/h10H,2-7H2,1H3/i1D3. The molecule has 1 saturated carbocycles. The molecule has 0 spiro atoms. The lowest BCUT2D eigenvalue weighted by molar-refractivity contribution is -0.145. The van der Waals surface area contributed by atoms with Gasteiger partial charge < -0.3 is 15.0 Å². The van der Waals surface area contributed by atoms with Crippen LogP contribution < -0.4 is 5.32 Å². The predicted molar refractivity (Wildman–Crippen MR) is 48.4 cm³/mol. The number of carbonyl (C=O) groups is 1. The van der Waals surface area contributed by atoms with Gasteiger partial charge in [0.2, 0.25) is 0 Å². The maximum absolute atomic E-state index is 12.1. The Labute approximate surface area is 82.4 Å². The van der Waals surface area contributed by atoms with Crippen LogP contribution in [0, 0.1) is 0 Å². The second kappa shape index (κ2) is 3.27. The molecule has 1 aliphatic heterocycles. The zero-order chi connectivity index (χ0) is 11.8. The van der Waals surface area contributed by atoms with Gasteiger partial charge in [-0.25, -0.2) is 0 Å². The Kier molecular flexibility index (Phi) is 1.51. The summed E-state index contributed by atoms with van der Waals surface area (Å²) >= 11 is 0. The predicted octanol–water partition coefficient (Wildman–Crippen LogP) is -0.403. The number of ether oxygens (including phenoxy) is 1. The molecule has 0 bridgehead atoms. The molecule has 13 heavy (non-hydrogen) atoms. The normalized spacial score (nSPS) is 30.2. The van der Waals surface area contributed by atoms with Gasteiger partial charge in [0.15, 0.2) is 0 Å². The maximum atomic E-state index is 12.1. The Morgan fingerprint density at radius 3 is 2.77 bits per heavy atom. The van der Waals surface area contributed by atoms with E-state index in [4.69, 9.17) is 8.85 Å². The molecule has 0 radical (unpaired) electrons. The van der Waals surface area contributed by atoms with Crippen molar-refractivity contribution in [3.63, 3.8) is 0 Å². The minimum absolute atomic E-state index is 0.162. The van der Waals surface area contributed by atoms with Crippen molar-refractivity contribution < 1.29 is 13.6 Å². The molecule has 2 rings (SSSR count). The third-order valence-corrected chi connectivity index (χ3v) is 2.69. The van der Waals surface area contributed by atoms with E-state index in [0.29, 0.717) is 25.9 Å². The van der Waals surface area contributed by atoms with Crippen LogP contribution in [0.15, 0.2) is 0 Å². The smallest absolute Gasteiger partial charge is 0.254 e. The molecule has 0 aromatic heterocycles. The number of methoxy groups -OCH3 is 1. The van der Waals surface area contributed by atoms with Crippen LogP contribution in [0.4, 0.5) is 0 Å². The molecule has 74 valence electrons. The number of rotatable bonds is 2. The van der Waals surface area contributed by atoms with Crippen LogP contribution in [-0.4, -0.2) is 49.6 Å². The maximum Gasteiger partial charge on any atom is 0.254 e. The Bertz CT molecular complexity index is 283. The van der Waals surface area contributed by atoms with Gasteiger partial charge in [-0.3, -0.25) is 4.79 Å². The molecule has 1 saturated heterocycles. The van der Waals surface area contributed by atoms with E-state index < -0.39 is 12.6 Å². The summed E-state index contributed by atoms with van der Waals surface area (Å²) in [5.41, 5.74) is -1.05. The Hall–Kier alpha value is -0.610. The van der Waals surface area contributed by atoms with Crippen molar-refractivity contribution in [1.29, 1.82) is 0 Å². The van der Waals surface area contributed by atoms with Crippen molar-refractivity contribution in [2.75, 3.05) is 33.2 Å². The van der Waals surface area contributed by atoms with E-state index in [1.807, 2.05) is 0 Å². The molecule has 2 fully saturated rings. The first-order chi connectivity index (χ1) is 7.43. The highest BCUT2D eigenvalue weighted by molar-refractivity contribution is 5.88. The van der Waals surface area contributed by atoms with Gasteiger partial charge >= 0.3 is 0 Å². The first-order valence-corrected chi connectivity index (χ1v) is 4.63. The van der Waals surface area contributed by atoms with Crippen molar-refractivity contribution in [3.05, 3.63) is 0 Å². The summed E-state index contributed by atoms with van der Waals surface area (Å²) < 4.78 is 26.1. The Balaban J connectivity index is 1.98. The molecule has 4 nitrogen and oxygen atoms in total. The van der Waals surface area contributed by atoms with Gasteiger partial charge in [-0.05, 0) is 12.8 Å². The number of hydrogen-bond donors (Lipinski definition) is 1. The molecule has 1 aliphatic carbocycles. The Morgan fingerprint density at radius 2 is 2.23 bits per heavy atom. The van der Waals surface area contributed by atoms with Crippen molar-refractivity contribution in [1.82, 2.24) is 10.2 Å². The monoisotopic (exact) mass is 187 g/mol. The van der Waals surface area contributed by atoms with Gasteiger partial charge in [0.05, 0.1) is 4.11 Å². The number of nitrogens with one attached hydrogen (secondary N) is 1. The van der Waals surface area contributed by atoms with Gasteiger partial charge in [-0.2, -0.15) is 0 Å². The molecule has 0 atom stereocenters. The molecule has 2 aliphatic rings. The highest BCUT2D eigenvalue weighted by atomic mass is 16.5. The Morgan fingerprint density at radius 1 is 1.54 bits per heavy atom. The van der Waals surface area contributed by atoms with Gasteiger partial charge in [-0.1, -0.05) is 0 Å². The van der Waals surface area contributed by atoms with Crippen LogP contribution in [0.5, 0.6) is 0 Å². The molecule has 0 aromatic carbocycles. The lowest BCUT2D eigenvalue weighted by Gasteiger charge is -2.30. The zero-order valence-corrected chi connectivity index (χ0v) is 7.51.